The number of hydrogen-bond donors (Lipinski definition) is 2. The highest BCUT2D eigenvalue weighted by atomic mass is 32.1. The molecule has 0 fully saturated rings. The number of hydrogen-bond acceptors (Lipinski definition) is 4. The van der Waals surface area contributed by atoms with Gasteiger partial charge in [-0.25, -0.2) is 4.98 Å². The van der Waals surface area contributed by atoms with E-state index in [1.807, 2.05) is 17.5 Å². The number of aryl methyl sites for hydroxylation is 2. The van der Waals surface area contributed by atoms with Crippen molar-refractivity contribution in [3.05, 3.63) is 70.7 Å². The predicted octanol–water partition coefficient (Wildman–Crippen LogP) is 3.98. The fraction of sp³-hybridized carbons (Fsp3) is 0.227. The third-order valence-electron chi connectivity index (χ3n) is 4.34. The van der Waals surface area contributed by atoms with Crippen LogP contribution in [0.2, 0.25) is 0 Å². The van der Waals surface area contributed by atoms with Gasteiger partial charge in [0.15, 0.2) is 0 Å². The van der Waals surface area contributed by atoms with Crippen LogP contribution in [0.4, 0.5) is 5.69 Å². The van der Waals surface area contributed by atoms with E-state index in [0.717, 1.165) is 22.7 Å². The smallest absolute Gasteiger partial charge is 0.313 e. The zero-order valence-electron chi connectivity index (χ0n) is 16.0. The lowest BCUT2D eigenvalue weighted by atomic mass is 10.1. The summed E-state index contributed by atoms with van der Waals surface area (Å²) in [6, 6.07) is 15.7. The van der Waals surface area contributed by atoms with Gasteiger partial charge in [-0.1, -0.05) is 48.9 Å². The van der Waals surface area contributed by atoms with Crippen LogP contribution in [-0.2, 0) is 22.4 Å². The van der Waals surface area contributed by atoms with Crippen molar-refractivity contribution < 1.29 is 9.59 Å². The average molecular weight is 394 g/mol. The van der Waals surface area contributed by atoms with Gasteiger partial charge in [0.05, 0.1) is 5.69 Å². The third kappa shape index (κ3) is 5.27. The number of nitrogens with zero attached hydrogens (tertiary/aromatic N) is 1. The van der Waals surface area contributed by atoms with Gasteiger partial charge in [-0.3, -0.25) is 9.59 Å². The Bertz CT molecular complexity index is 947. The first-order valence-electron chi connectivity index (χ1n) is 9.24. The van der Waals surface area contributed by atoms with E-state index in [1.54, 1.807) is 23.5 Å². The number of carbonyl (C=O) groups excluding carboxylic acids is 2. The van der Waals surface area contributed by atoms with E-state index in [0.29, 0.717) is 18.7 Å². The minimum Gasteiger partial charge on any atom is -0.347 e. The van der Waals surface area contributed by atoms with Crippen LogP contribution < -0.4 is 10.6 Å². The molecule has 5 nitrogen and oxygen atoms in total. The molecule has 3 rings (SSSR count). The number of aromatic nitrogens is 1. The molecular weight excluding hydrogens is 370 g/mol. The van der Waals surface area contributed by atoms with Crippen LogP contribution in [0, 0.1) is 6.92 Å². The molecule has 28 heavy (non-hydrogen) atoms. The maximum atomic E-state index is 12.0. The van der Waals surface area contributed by atoms with E-state index in [4.69, 9.17) is 0 Å². The molecule has 0 atom stereocenters. The summed E-state index contributed by atoms with van der Waals surface area (Å²) in [5, 5.41) is 8.19. The molecule has 0 aliphatic carbocycles. The lowest BCUT2D eigenvalue weighted by Gasteiger charge is -2.06. The van der Waals surface area contributed by atoms with Crippen molar-refractivity contribution in [1.29, 1.82) is 0 Å². The van der Waals surface area contributed by atoms with Crippen LogP contribution in [0.25, 0.3) is 10.6 Å². The van der Waals surface area contributed by atoms with Gasteiger partial charge in [0.25, 0.3) is 0 Å². The highest BCUT2D eigenvalue weighted by Crippen LogP contribution is 2.24. The lowest BCUT2D eigenvalue weighted by molar-refractivity contribution is -0.136. The summed E-state index contributed by atoms with van der Waals surface area (Å²) in [7, 11) is 0. The first-order chi connectivity index (χ1) is 13.5. The van der Waals surface area contributed by atoms with E-state index in [9.17, 15) is 9.59 Å². The molecule has 6 heteroatoms. The number of amides is 2. The summed E-state index contributed by atoms with van der Waals surface area (Å²) in [6.07, 6.45) is 1.50. The first kappa shape index (κ1) is 19.8. The summed E-state index contributed by atoms with van der Waals surface area (Å²) in [6.45, 7) is 4.47. The molecule has 144 valence electrons. The molecule has 2 aromatic carbocycles. The van der Waals surface area contributed by atoms with Crippen molar-refractivity contribution in [3.63, 3.8) is 0 Å². The SMILES string of the molecule is CCc1ccc(NC(=O)C(=O)NCCc2csc(-c3ccc(C)cc3)n2)cc1. The van der Waals surface area contributed by atoms with Crippen molar-refractivity contribution in [3.8, 4) is 10.6 Å². The number of rotatable bonds is 6. The second-order valence-electron chi connectivity index (χ2n) is 6.52. The first-order valence-corrected chi connectivity index (χ1v) is 10.1. The normalized spacial score (nSPS) is 10.5. The molecule has 2 amide bonds. The maximum Gasteiger partial charge on any atom is 0.313 e. The topological polar surface area (TPSA) is 71.1 Å². The summed E-state index contributed by atoms with van der Waals surface area (Å²) in [5.41, 5.74) is 4.98. The lowest BCUT2D eigenvalue weighted by Crippen LogP contribution is -2.36. The predicted molar refractivity (Wildman–Crippen MR) is 113 cm³/mol. The van der Waals surface area contributed by atoms with Crippen molar-refractivity contribution in [2.75, 3.05) is 11.9 Å². The standard InChI is InChI=1S/C22H23N3O2S/c1-3-16-6-10-18(11-7-16)24-21(27)20(26)23-13-12-19-14-28-22(25-19)17-8-4-15(2)5-9-17/h4-11,14H,3,12-13H2,1-2H3,(H,23,26)(H,24,27). The summed E-state index contributed by atoms with van der Waals surface area (Å²) in [4.78, 5) is 28.6. The molecule has 0 spiro atoms. The Hall–Kier alpha value is -2.99. The molecule has 0 saturated heterocycles. The number of nitrogens with one attached hydrogen (secondary N) is 2. The van der Waals surface area contributed by atoms with Gasteiger partial charge in [0.1, 0.15) is 5.01 Å². The molecule has 0 aliphatic rings. The quantitative estimate of drug-likeness (QED) is 0.622. The Kier molecular flexibility index (Phi) is 6.55. The number of anilines is 1. The van der Waals surface area contributed by atoms with Crippen molar-refractivity contribution >= 4 is 28.8 Å². The summed E-state index contributed by atoms with van der Waals surface area (Å²) >= 11 is 1.58. The zero-order valence-corrected chi connectivity index (χ0v) is 16.8. The van der Waals surface area contributed by atoms with Crippen LogP contribution in [-0.4, -0.2) is 23.3 Å². The minimum absolute atomic E-state index is 0.359. The number of thiazole rings is 1. The molecule has 0 saturated carbocycles. The van der Waals surface area contributed by atoms with E-state index < -0.39 is 11.8 Å². The molecule has 0 unspecified atom stereocenters. The van der Waals surface area contributed by atoms with Gasteiger partial charge in [-0.05, 0) is 31.0 Å². The van der Waals surface area contributed by atoms with Gasteiger partial charge in [-0.15, -0.1) is 11.3 Å². The Morgan fingerprint density at radius 2 is 1.71 bits per heavy atom. The Balaban J connectivity index is 1.47. The molecule has 0 bridgehead atoms. The van der Waals surface area contributed by atoms with Crippen LogP contribution in [0.1, 0.15) is 23.7 Å². The summed E-state index contributed by atoms with van der Waals surface area (Å²) in [5.74, 6) is -1.31. The zero-order chi connectivity index (χ0) is 19.9. The Morgan fingerprint density at radius 3 is 2.39 bits per heavy atom. The monoisotopic (exact) mass is 393 g/mol. The second-order valence-corrected chi connectivity index (χ2v) is 7.38. The van der Waals surface area contributed by atoms with Crippen LogP contribution in [0.5, 0.6) is 0 Å². The second kappa shape index (κ2) is 9.28. The fourth-order valence-corrected chi connectivity index (χ4v) is 3.51. The van der Waals surface area contributed by atoms with E-state index in [-0.39, 0.29) is 0 Å². The van der Waals surface area contributed by atoms with Crippen LogP contribution in [0.15, 0.2) is 53.9 Å². The highest BCUT2D eigenvalue weighted by molar-refractivity contribution is 7.13. The van der Waals surface area contributed by atoms with Crippen molar-refractivity contribution in [2.45, 2.75) is 26.7 Å². The molecule has 1 aromatic heterocycles. The highest BCUT2D eigenvalue weighted by Gasteiger charge is 2.13. The van der Waals surface area contributed by atoms with Crippen molar-refractivity contribution in [2.24, 2.45) is 0 Å². The number of benzene rings is 2. The molecule has 2 N–H and O–H groups in total. The maximum absolute atomic E-state index is 12.0. The molecule has 0 aliphatic heterocycles. The molecule has 0 radical (unpaired) electrons. The minimum atomic E-state index is -0.664. The van der Waals surface area contributed by atoms with Gasteiger partial charge in [0.2, 0.25) is 0 Å². The van der Waals surface area contributed by atoms with Crippen LogP contribution in [0.3, 0.4) is 0 Å². The molecular formula is C22H23N3O2S. The largest absolute Gasteiger partial charge is 0.347 e. The Morgan fingerprint density at radius 1 is 1.00 bits per heavy atom. The van der Waals surface area contributed by atoms with E-state index in [1.165, 1.54) is 11.1 Å². The third-order valence-corrected chi connectivity index (χ3v) is 5.28. The van der Waals surface area contributed by atoms with Gasteiger partial charge in [0, 0.05) is 29.6 Å². The summed E-state index contributed by atoms with van der Waals surface area (Å²) < 4.78 is 0. The van der Waals surface area contributed by atoms with E-state index in [2.05, 4.69) is 53.7 Å². The number of carbonyl (C=O) groups is 2. The van der Waals surface area contributed by atoms with E-state index >= 15 is 0 Å². The van der Waals surface area contributed by atoms with Crippen LogP contribution >= 0.6 is 11.3 Å². The average Bonchev–Trinajstić information content (AvgIpc) is 3.18. The fourth-order valence-electron chi connectivity index (χ4n) is 2.65. The van der Waals surface area contributed by atoms with Gasteiger partial charge < -0.3 is 10.6 Å². The van der Waals surface area contributed by atoms with Gasteiger partial charge >= 0.3 is 11.8 Å². The van der Waals surface area contributed by atoms with Gasteiger partial charge in [-0.2, -0.15) is 0 Å². The molecule has 3 aromatic rings. The molecule has 1 heterocycles. The Labute approximate surface area is 168 Å². The van der Waals surface area contributed by atoms with Crippen molar-refractivity contribution in [1.82, 2.24) is 10.3 Å².